The summed E-state index contributed by atoms with van der Waals surface area (Å²) in [5.74, 6) is 0.683. The molecule has 4 heteroatoms. The number of hydrogen-bond acceptors (Lipinski definition) is 3. The quantitative estimate of drug-likeness (QED) is 0.848. The molecule has 1 aliphatic heterocycles. The standard InChI is InChI=1S/C17H24ClNO2/c18-15-7-5-14(6-8-15)16(13-3-1-2-4-13)19-9-17(10-20)11-21-12-17/h5-8,13,16,19-20H,1-4,9-12H2. The van der Waals surface area contributed by atoms with Gasteiger partial charge in [-0.05, 0) is 36.5 Å². The first kappa shape index (κ1) is 15.3. The summed E-state index contributed by atoms with van der Waals surface area (Å²) in [4.78, 5) is 0. The summed E-state index contributed by atoms with van der Waals surface area (Å²) in [7, 11) is 0. The second kappa shape index (κ2) is 6.66. The van der Waals surface area contributed by atoms with Gasteiger partial charge in [-0.1, -0.05) is 36.6 Å². The summed E-state index contributed by atoms with van der Waals surface area (Å²) < 4.78 is 5.29. The summed E-state index contributed by atoms with van der Waals surface area (Å²) in [6, 6.07) is 8.54. The molecule has 0 aromatic heterocycles. The van der Waals surface area contributed by atoms with Crippen molar-refractivity contribution >= 4 is 11.6 Å². The summed E-state index contributed by atoms with van der Waals surface area (Å²) in [6.45, 7) is 2.33. The third-order valence-corrected chi connectivity index (χ3v) is 5.20. The average Bonchev–Trinajstić information content (AvgIpc) is 2.97. The van der Waals surface area contributed by atoms with Crippen molar-refractivity contribution in [2.24, 2.45) is 11.3 Å². The minimum absolute atomic E-state index is 0.0801. The van der Waals surface area contributed by atoms with E-state index in [9.17, 15) is 5.11 Å². The van der Waals surface area contributed by atoms with Crippen LogP contribution in [0.5, 0.6) is 0 Å². The van der Waals surface area contributed by atoms with Crippen LogP contribution in [0.15, 0.2) is 24.3 Å². The predicted molar refractivity (Wildman–Crippen MR) is 84.5 cm³/mol. The lowest BCUT2D eigenvalue weighted by atomic mass is 9.85. The molecule has 116 valence electrons. The van der Waals surface area contributed by atoms with E-state index in [0.29, 0.717) is 25.2 Å². The Morgan fingerprint density at radius 2 is 1.90 bits per heavy atom. The number of aliphatic hydroxyl groups excluding tert-OH is 1. The summed E-state index contributed by atoms with van der Waals surface area (Å²) in [6.07, 6.45) is 5.21. The number of rotatable bonds is 6. The van der Waals surface area contributed by atoms with Crippen molar-refractivity contribution in [2.75, 3.05) is 26.4 Å². The van der Waals surface area contributed by atoms with Crippen LogP contribution in [0, 0.1) is 11.3 Å². The van der Waals surface area contributed by atoms with Crippen LogP contribution in [-0.4, -0.2) is 31.5 Å². The predicted octanol–water partition coefficient (Wildman–Crippen LogP) is 3.17. The van der Waals surface area contributed by atoms with Crippen molar-refractivity contribution in [2.45, 2.75) is 31.7 Å². The molecule has 1 saturated carbocycles. The normalized spacial score (nSPS) is 23.0. The van der Waals surface area contributed by atoms with E-state index in [1.54, 1.807) is 0 Å². The van der Waals surface area contributed by atoms with E-state index < -0.39 is 0 Å². The topological polar surface area (TPSA) is 41.5 Å². The molecule has 1 saturated heterocycles. The molecule has 1 heterocycles. The summed E-state index contributed by atoms with van der Waals surface area (Å²) >= 11 is 6.01. The molecule has 2 N–H and O–H groups in total. The van der Waals surface area contributed by atoms with Crippen LogP contribution in [0.25, 0.3) is 0 Å². The van der Waals surface area contributed by atoms with Crippen molar-refractivity contribution in [1.29, 1.82) is 0 Å². The number of aliphatic hydroxyl groups is 1. The lowest BCUT2D eigenvalue weighted by molar-refractivity contribution is -0.135. The van der Waals surface area contributed by atoms with E-state index in [-0.39, 0.29) is 12.0 Å². The van der Waals surface area contributed by atoms with Crippen LogP contribution >= 0.6 is 11.6 Å². The van der Waals surface area contributed by atoms with Crippen LogP contribution in [-0.2, 0) is 4.74 Å². The van der Waals surface area contributed by atoms with E-state index >= 15 is 0 Å². The lowest BCUT2D eigenvalue weighted by Gasteiger charge is -2.41. The molecular weight excluding hydrogens is 286 g/mol. The highest BCUT2D eigenvalue weighted by Gasteiger charge is 2.39. The first-order valence-corrected chi connectivity index (χ1v) is 8.28. The molecular formula is C17H24ClNO2. The van der Waals surface area contributed by atoms with Crippen molar-refractivity contribution in [3.63, 3.8) is 0 Å². The minimum atomic E-state index is -0.0801. The maximum atomic E-state index is 9.58. The zero-order chi connectivity index (χ0) is 14.7. The molecule has 1 aromatic rings. The second-order valence-corrected chi connectivity index (χ2v) is 7.04. The maximum absolute atomic E-state index is 9.58. The van der Waals surface area contributed by atoms with Crippen LogP contribution in [0.1, 0.15) is 37.3 Å². The fraction of sp³-hybridized carbons (Fsp3) is 0.647. The van der Waals surface area contributed by atoms with Gasteiger partial charge in [0.05, 0.1) is 25.2 Å². The summed E-state index contributed by atoms with van der Waals surface area (Å²) in [5, 5.41) is 14.1. The van der Waals surface area contributed by atoms with E-state index in [4.69, 9.17) is 16.3 Å². The van der Waals surface area contributed by atoms with Gasteiger partial charge >= 0.3 is 0 Å². The molecule has 1 unspecified atom stereocenters. The average molecular weight is 310 g/mol. The smallest absolute Gasteiger partial charge is 0.0579 e. The van der Waals surface area contributed by atoms with Gasteiger partial charge < -0.3 is 15.2 Å². The van der Waals surface area contributed by atoms with Gasteiger partial charge in [-0.25, -0.2) is 0 Å². The van der Waals surface area contributed by atoms with Gasteiger partial charge in [0.2, 0.25) is 0 Å². The molecule has 0 amide bonds. The van der Waals surface area contributed by atoms with Gasteiger partial charge in [-0.2, -0.15) is 0 Å². The van der Waals surface area contributed by atoms with Crippen LogP contribution in [0.2, 0.25) is 5.02 Å². The highest BCUT2D eigenvalue weighted by atomic mass is 35.5. The molecule has 2 aliphatic rings. The molecule has 0 radical (unpaired) electrons. The fourth-order valence-electron chi connectivity index (χ4n) is 3.48. The van der Waals surface area contributed by atoms with Crippen LogP contribution < -0.4 is 5.32 Å². The van der Waals surface area contributed by atoms with Gasteiger partial charge in [-0.3, -0.25) is 0 Å². The fourth-order valence-corrected chi connectivity index (χ4v) is 3.61. The van der Waals surface area contributed by atoms with Crippen LogP contribution in [0.4, 0.5) is 0 Å². The highest BCUT2D eigenvalue weighted by molar-refractivity contribution is 6.30. The Kier molecular flexibility index (Phi) is 4.85. The lowest BCUT2D eigenvalue weighted by Crippen LogP contribution is -2.53. The Labute approximate surface area is 131 Å². The van der Waals surface area contributed by atoms with Crippen molar-refractivity contribution in [3.05, 3.63) is 34.9 Å². The zero-order valence-corrected chi connectivity index (χ0v) is 13.1. The van der Waals surface area contributed by atoms with Gasteiger partial charge in [0, 0.05) is 17.6 Å². The van der Waals surface area contributed by atoms with Crippen molar-refractivity contribution < 1.29 is 9.84 Å². The first-order chi connectivity index (χ1) is 10.2. The maximum Gasteiger partial charge on any atom is 0.0579 e. The molecule has 0 spiro atoms. The number of nitrogens with one attached hydrogen (secondary N) is 1. The second-order valence-electron chi connectivity index (χ2n) is 6.61. The van der Waals surface area contributed by atoms with Gasteiger partial charge in [0.15, 0.2) is 0 Å². The third kappa shape index (κ3) is 3.42. The van der Waals surface area contributed by atoms with Crippen molar-refractivity contribution in [1.82, 2.24) is 5.32 Å². The molecule has 3 rings (SSSR count). The Morgan fingerprint density at radius 1 is 1.24 bits per heavy atom. The molecule has 0 bridgehead atoms. The van der Waals surface area contributed by atoms with E-state index in [0.717, 1.165) is 11.6 Å². The van der Waals surface area contributed by atoms with Gasteiger partial charge in [0.25, 0.3) is 0 Å². The van der Waals surface area contributed by atoms with E-state index in [1.165, 1.54) is 31.2 Å². The van der Waals surface area contributed by atoms with Crippen molar-refractivity contribution in [3.8, 4) is 0 Å². The molecule has 3 nitrogen and oxygen atoms in total. The Balaban J connectivity index is 1.71. The minimum Gasteiger partial charge on any atom is -0.396 e. The number of hydrogen-bond donors (Lipinski definition) is 2. The number of ether oxygens (including phenoxy) is 1. The largest absolute Gasteiger partial charge is 0.396 e. The Bertz CT molecular complexity index is 447. The van der Waals surface area contributed by atoms with Gasteiger partial charge in [-0.15, -0.1) is 0 Å². The van der Waals surface area contributed by atoms with Crippen LogP contribution in [0.3, 0.4) is 0 Å². The number of benzene rings is 1. The van der Waals surface area contributed by atoms with E-state index in [2.05, 4.69) is 17.4 Å². The molecule has 1 aliphatic carbocycles. The van der Waals surface area contributed by atoms with Gasteiger partial charge in [0.1, 0.15) is 0 Å². The molecule has 2 fully saturated rings. The zero-order valence-electron chi connectivity index (χ0n) is 12.4. The first-order valence-electron chi connectivity index (χ1n) is 7.90. The number of halogens is 1. The molecule has 21 heavy (non-hydrogen) atoms. The van der Waals surface area contributed by atoms with E-state index in [1.807, 2.05) is 12.1 Å². The Hall–Kier alpha value is -0.610. The monoisotopic (exact) mass is 309 g/mol. The third-order valence-electron chi connectivity index (χ3n) is 4.95. The molecule has 1 atom stereocenters. The summed E-state index contributed by atoms with van der Waals surface area (Å²) in [5.41, 5.74) is 1.23. The molecule has 1 aromatic carbocycles. The Morgan fingerprint density at radius 3 is 2.43 bits per heavy atom. The SMILES string of the molecule is OCC1(CNC(c2ccc(Cl)cc2)C2CCCC2)COC1. The highest BCUT2D eigenvalue weighted by Crippen LogP contribution is 2.37.